The lowest BCUT2D eigenvalue weighted by atomic mass is 10.2. The van der Waals surface area contributed by atoms with Gasteiger partial charge in [-0.05, 0) is 24.6 Å². The van der Waals surface area contributed by atoms with Gasteiger partial charge in [-0.2, -0.15) is 0 Å². The van der Waals surface area contributed by atoms with Crippen molar-refractivity contribution in [3.63, 3.8) is 0 Å². The van der Waals surface area contributed by atoms with Gasteiger partial charge in [0.05, 0.1) is 6.61 Å². The molecule has 2 aromatic rings. The van der Waals surface area contributed by atoms with Crippen molar-refractivity contribution in [1.82, 2.24) is 4.67 Å². The number of hydrogen-bond acceptors (Lipinski definition) is 3. The molecule has 5 heteroatoms. The fourth-order valence-corrected chi connectivity index (χ4v) is 5.03. The second-order valence-corrected chi connectivity index (χ2v) is 8.62. The summed E-state index contributed by atoms with van der Waals surface area (Å²) in [5, 5.41) is 0. The van der Waals surface area contributed by atoms with Crippen LogP contribution in [0.5, 0.6) is 0 Å². The summed E-state index contributed by atoms with van der Waals surface area (Å²) in [7, 11) is -2.96. The molecule has 0 N–H and O–H groups in total. The first kappa shape index (κ1) is 19.6. The number of nitrogens with zero attached hydrogens (tertiary/aromatic N) is 2. The Morgan fingerprint density at radius 1 is 0.926 bits per heavy atom. The standard InChI is InChI=1S/C22H27N2O2P/c1-2-26-27(25,20-10-9-13-21-11-5-3-6-12-21)24-18-16-23(17-19-24)22-14-7-4-8-15-22/h3-15,20H,2,16-19H2,1H3/b13-9+,20-10+. The quantitative estimate of drug-likeness (QED) is 0.483. The highest BCUT2D eigenvalue weighted by Crippen LogP contribution is 2.52. The smallest absolute Gasteiger partial charge is 0.295 e. The second kappa shape index (κ2) is 9.70. The molecule has 0 spiro atoms. The average Bonchev–Trinajstić information content (AvgIpc) is 2.73. The van der Waals surface area contributed by atoms with E-state index in [1.54, 1.807) is 5.82 Å². The summed E-state index contributed by atoms with van der Waals surface area (Å²) in [6.07, 6.45) is 5.76. The molecule has 0 radical (unpaired) electrons. The summed E-state index contributed by atoms with van der Waals surface area (Å²) in [5.41, 5.74) is 2.33. The van der Waals surface area contributed by atoms with E-state index >= 15 is 0 Å². The van der Waals surface area contributed by atoms with Crippen molar-refractivity contribution in [2.75, 3.05) is 37.7 Å². The van der Waals surface area contributed by atoms with Gasteiger partial charge in [-0.25, -0.2) is 4.67 Å². The molecule has 4 nitrogen and oxygen atoms in total. The number of piperazine rings is 1. The Kier molecular flexibility index (Phi) is 7.05. The van der Waals surface area contributed by atoms with E-state index in [2.05, 4.69) is 29.2 Å². The zero-order valence-electron chi connectivity index (χ0n) is 15.8. The third kappa shape index (κ3) is 5.43. The van der Waals surface area contributed by atoms with Crippen LogP contribution >= 0.6 is 7.52 Å². The fraction of sp³-hybridized carbons (Fsp3) is 0.273. The van der Waals surface area contributed by atoms with Gasteiger partial charge in [0.15, 0.2) is 0 Å². The van der Waals surface area contributed by atoms with Crippen molar-refractivity contribution in [3.8, 4) is 0 Å². The van der Waals surface area contributed by atoms with Crippen molar-refractivity contribution in [2.24, 2.45) is 0 Å². The van der Waals surface area contributed by atoms with E-state index in [9.17, 15) is 4.57 Å². The van der Waals surface area contributed by atoms with E-state index in [1.807, 2.05) is 66.2 Å². The number of benzene rings is 2. The molecule has 1 unspecified atom stereocenters. The Morgan fingerprint density at radius 3 is 2.19 bits per heavy atom. The first-order valence-electron chi connectivity index (χ1n) is 9.42. The minimum Gasteiger partial charge on any atom is -0.369 e. The first-order valence-corrected chi connectivity index (χ1v) is 11.1. The lowest BCUT2D eigenvalue weighted by Gasteiger charge is -2.38. The molecule has 0 amide bonds. The third-order valence-electron chi connectivity index (χ3n) is 4.56. The van der Waals surface area contributed by atoms with Crippen molar-refractivity contribution in [3.05, 3.63) is 84.2 Å². The zero-order chi connectivity index (χ0) is 19.0. The lowest BCUT2D eigenvalue weighted by molar-refractivity contribution is 0.271. The van der Waals surface area contributed by atoms with Crippen molar-refractivity contribution < 1.29 is 9.09 Å². The predicted molar refractivity (Wildman–Crippen MR) is 114 cm³/mol. The summed E-state index contributed by atoms with van der Waals surface area (Å²) in [6.45, 7) is 5.45. The summed E-state index contributed by atoms with van der Waals surface area (Å²) in [5.74, 6) is 1.73. The normalized spacial score (nSPS) is 18.2. The van der Waals surface area contributed by atoms with Crippen molar-refractivity contribution >= 4 is 19.3 Å². The third-order valence-corrected chi connectivity index (χ3v) is 6.93. The summed E-state index contributed by atoms with van der Waals surface area (Å²) < 4.78 is 21.1. The van der Waals surface area contributed by atoms with Crippen LogP contribution in [0, 0.1) is 0 Å². The molecule has 1 saturated heterocycles. The van der Waals surface area contributed by atoms with E-state index < -0.39 is 7.52 Å². The van der Waals surface area contributed by atoms with Crippen LogP contribution in [-0.2, 0) is 9.09 Å². The van der Waals surface area contributed by atoms with Crippen LogP contribution in [-0.4, -0.2) is 37.5 Å². The van der Waals surface area contributed by atoms with Crippen molar-refractivity contribution in [2.45, 2.75) is 6.92 Å². The maximum absolute atomic E-state index is 13.4. The molecule has 0 aromatic heterocycles. The average molecular weight is 382 g/mol. The largest absolute Gasteiger partial charge is 0.369 e. The van der Waals surface area contributed by atoms with Crippen LogP contribution in [0.25, 0.3) is 6.08 Å². The molecule has 0 bridgehead atoms. The summed E-state index contributed by atoms with van der Waals surface area (Å²) in [4.78, 5) is 2.33. The van der Waals surface area contributed by atoms with E-state index in [-0.39, 0.29) is 0 Å². The molecule has 1 aliphatic heterocycles. The van der Waals surface area contributed by atoms with Gasteiger partial charge in [0.25, 0.3) is 7.52 Å². The maximum Gasteiger partial charge on any atom is 0.295 e. The monoisotopic (exact) mass is 382 g/mol. The van der Waals surface area contributed by atoms with Gasteiger partial charge in [0, 0.05) is 37.7 Å². The molecule has 1 heterocycles. The molecule has 1 atom stereocenters. The van der Waals surface area contributed by atoms with Crippen LogP contribution in [0.15, 0.2) is 78.6 Å². The highest BCUT2D eigenvalue weighted by Gasteiger charge is 2.31. The number of allylic oxidation sites excluding steroid dienone is 2. The molecule has 1 aliphatic rings. The fourth-order valence-electron chi connectivity index (χ4n) is 3.16. The van der Waals surface area contributed by atoms with Crippen LogP contribution < -0.4 is 4.90 Å². The minimum absolute atomic E-state index is 0.433. The summed E-state index contributed by atoms with van der Waals surface area (Å²) >= 11 is 0. The maximum atomic E-state index is 13.4. The van der Waals surface area contributed by atoms with Gasteiger partial charge in [0.1, 0.15) is 0 Å². The van der Waals surface area contributed by atoms with E-state index in [0.717, 1.165) is 31.7 Å². The summed E-state index contributed by atoms with van der Waals surface area (Å²) in [6, 6.07) is 20.4. The van der Waals surface area contributed by atoms with Crippen LogP contribution in [0.3, 0.4) is 0 Å². The molecule has 3 rings (SSSR count). The van der Waals surface area contributed by atoms with Crippen molar-refractivity contribution in [1.29, 1.82) is 0 Å². The molecule has 1 fully saturated rings. The molecular weight excluding hydrogens is 355 g/mol. The molecular formula is C22H27N2O2P. The Labute approximate surface area is 162 Å². The molecule has 0 aliphatic carbocycles. The Bertz CT molecular complexity index is 798. The molecule has 142 valence electrons. The topological polar surface area (TPSA) is 32.8 Å². The molecule has 27 heavy (non-hydrogen) atoms. The lowest BCUT2D eigenvalue weighted by Crippen LogP contribution is -2.44. The number of rotatable bonds is 7. The number of para-hydroxylation sites is 1. The number of hydrogen-bond donors (Lipinski definition) is 0. The highest BCUT2D eigenvalue weighted by molar-refractivity contribution is 7.59. The molecule has 0 saturated carbocycles. The van der Waals surface area contributed by atoms with E-state index in [4.69, 9.17) is 4.52 Å². The Morgan fingerprint density at radius 2 is 1.56 bits per heavy atom. The van der Waals surface area contributed by atoms with Gasteiger partial charge < -0.3 is 9.42 Å². The van der Waals surface area contributed by atoms with Gasteiger partial charge in [-0.3, -0.25) is 4.57 Å². The van der Waals surface area contributed by atoms with Gasteiger partial charge in [0.2, 0.25) is 0 Å². The SMILES string of the molecule is CCOP(=O)(/C=C/C=C/c1ccccc1)N1CCN(c2ccccc2)CC1. The second-order valence-electron chi connectivity index (χ2n) is 6.37. The zero-order valence-corrected chi connectivity index (χ0v) is 16.7. The Balaban J connectivity index is 1.63. The van der Waals surface area contributed by atoms with Crippen LogP contribution in [0.4, 0.5) is 5.69 Å². The minimum atomic E-state index is -2.96. The van der Waals surface area contributed by atoms with E-state index in [1.165, 1.54) is 5.69 Å². The van der Waals surface area contributed by atoms with Crippen LogP contribution in [0.1, 0.15) is 12.5 Å². The number of anilines is 1. The highest BCUT2D eigenvalue weighted by atomic mass is 31.2. The Hall–Kier alpha value is -2.13. The van der Waals surface area contributed by atoms with Gasteiger partial charge in [-0.1, -0.05) is 66.8 Å². The predicted octanol–water partition coefficient (Wildman–Crippen LogP) is 5.27. The van der Waals surface area contributed by atoms with Gasteiger partial charge in [-0.15, -0.1) is 0 Å². The first-order chi connectivity index (χ1) is 13.2. The molecule has 2 aromatic carbocycles. The van der Waals surface area contributed by atoms with E-state index in [0.29, 0.717) is 6.61 Å². The van der Waals surface area contributed by atoms with Gasteiger partial charge >= 0.3 is 0 Å². The van der Waals surface area contributed by atoms with Crippen LogP contribution in [0.2, 0.25) is 0 Å².